The van der Waals surface area contributed by atoms with E-state index in [9.17, 15) is 4.79 Å². The van der Waals surface area contributed by atoms with Crippen LogP contribution in [0.1, 0.15) is 16.7 Å². The number of likely N-dealkylation sites (N-methyl/N-ethyl adjacent to an activating group) is 1. The molecule has 1 aliphatic rings. The van der Waals surface area contributed by atoms with E-state index in [1.54, 1.807) is 0 Å². The number of carbonyl (C=O) groups excluding carboxylic acids is 1. The van der Waals surface area contributed by atoms with Gasteiger partial charge in [0, 0.05) is 19.5 Å². The molecule has 1 atom stereocenters. The average molecular weight is 285 g/mol. The minimum atomic E-state index is -0.377. The van der Waals surface area contributed by atoms with Crippen LogP contribution in [0.2, 0.25) is 0 Å². The summed E-state index contributed by atoms with van der Waals surface area (Å²) in [7, 11) is 1.86. The Morgan fingerprint density at radius 3 is 2.68 bits per heavy atom. The van der Waals surface area contributed by atoms with Gasteiger partial charge in [0.2, 0.25) is 0 Å². The van der Waals surface area contributed by atoms with Crippen LogP contribution in [0.4, 0.5) is 0 Å². The molecular formula is C14H21ClN2O2. The molecular weight excluding hydrogens is 264 g/mol. The lowest BCUT2D eigenvalue weighted by atomic mass is 10.0. The lowest BCUT2D eigenvalue weighted by Crippen LogP contribution is -2.40. The number of carbonyl (C=O) groups is 1. The Balaban J connectivity index is 0.00000180. The predicted molar refractivity (Wildman–Crippen MR) is 78.2 cm³/mol. The molecule has 0 aromatic heterocycles. The molecule has 0 bridgehead atoms. The van der Waals surface area contributed by atoms with Crippen molar-refractivity contribution in [2.24, 2.45) is 0 Å². The first kappa shape index (κ1) is 15.8. The monoisotopic (exact) mass is 284 g/mol. The van der Waals surface area contributed by atoms with Gasteiger partial charge in [-0.15, -0.1) is 12.4 Å². The molecule has 2 rings (SSSR count). The molecule has 0 radical (unpaired) electrons. The Hall–Kier alpha value is -1.26. The molecule has 1 aromatic rings. The molecule has 1 aliphatic heterocycles. The van der Waals surface area contributed by atoms with Crippen LogP contribution >= 0.6 is 12.4 Å². The molecule has 19 heavy (non-hydrogen) atoms. The summed E-state index contributed by atoms with van der Waals surface area (Å²) in [6.45, 7) is 5.53. The van der Waals surface area contributed by atoms with Crippen LogP contribution in [0.3, 0.4) is 0 Å². The van der Waals surface area contributed by atoms with Crippen LogP contribution in [-0.2, 0) is 11.2 Å². The summed E-state index contributed by atoms with van der Waals surface area (Å²) in [5.74, 6) is 0.823. The normalized spacial score (nSPS) is 16.3. The van der Waals surface area contributed by atoms with Crippen molar-refractivity contribution in [2.75, 3.05) is 20.1 Å². The zero-order chi connectivity index (χ0) is 13.1. The number of nitrogens with one attached hydrogen (secondary N) is 2. The van der Waals surface area contributed by atoms with Crippen molar-refractivity contribution >= 4 is 18.3 Å². The van der Waals surface area contributed by atoms with Crippen molar-refractivity contribution in [3.63, 3.8) is 0 Å². The van der Waals surface area contributed by atoms with Gasteiger partial charge in [-0.3, -0.25) is 4.79 Å². The summed E-state index contributed by atoms with van der Waals surface area (Å²) >= 11 is 0. The predicted octanol–water partition coefficient (Wildman–Crippen LogP) is 1.36. The number of amides is 1. The molecule has 1 heterocycles. The van der Waals surface area contributed by atoms with E-state index in [-0.39, 0.29) is 24.4 Å². The number of hydrogen-bond donors (Lipinski definition) is 2. The Bertz CT molecular complexity index is 432. The van der Waals surface area contributed by atoms with Crippen molar-refractivity contribution in [2.45, 2.75) is 26.4 Å². The maximum absolute atomic E-state index is 11.9. The minimum Gasteiger partial charge on any atom is -0.480 e. The quantitative estimate of drug-likeness (QED) is 0.821. The van der Waals surface area contributed by atoms with Gasteiger partial charge in [-0.1, -0.05) is 6.07 Å². The third kappa shape index (κ3) is 3.61. The van der Waals surface area contributed by atoms with Gasteiger partial charge in [0.05, 0.1) is 0 Å². The van der Waals surface area contributed by atoms with Gasteiger partial charge >= 0.3 is 0 Å². The van der Waals surface area contributed by atoms with E-state index in [4.69, 9.17) is 4.74 Å². The number of fused-ring (bicyclic) bond motifs is 1. The van der Waals surface area contributed by atoms with Gasteiger partial charge in [-0.05, 0) is 43.7 Å². The average Bonchev–Trinajstić information content (AvgIpc) is 2.73. The number of halogens is 1. The lowest BCUT2D eigenvalue weighted by Gasteiger charge is -2.11. The van der Waals surface area contributed by atoms with Crippen molar-refractivity contribution in [1.82, 2.24) is 10.6 Å². The highest BCUT2D eigenvalue weighted by atomic mass is 35.5. The molecule has 1 unspecified atom stereocenters. The van der Waals surface area contributed by atoms with Crippen molar-refractivity contribution in [3.05, 3.63) is 28.8 Å². The first-order valence-corrected chi connectivity index (χ1v) is 6.31. The highest BCUT2D eigenvalue weighted by Crippen LogP contribution is 2.31. The van der Waals surface area contributed by atoms with Crippen LogP contribution in [-0.4, -0.2) is 32.1 Å². The largest absolute Gasteiger partial charge is 0.480 e. The molecule has 2 N–H and O–H groups in total. The number of hydrogen-bond acceptors (Lipinski definition) is 3. The van der Waals surface area contributed by atoms with E-state index in [1.165, 1.54) is 11.1 Å². The summed E-state index contributed by atoms with van der Waals surface area (Å²) in [5.41, 5.74) is 3.57. The summed E-state index contributed by atoms with van der Waals surface area (Å²) in [5, 5.41) is 5.85. The molecule has 5 heteroatoms. The Kier molecular flexibility index (Phi) is 5.63. The van der Waals surface area contributed by atoms with E-state index in [0.717, 1.165) is 17.9 Å². The second kappa shape index (κ2) is 6.78. The second-order valence-corrected chi connectivity index (χ2v) is 4.75. The Morgan fingerprint density at radius 1 is 1.32 bits per heavy atom. The van der Waals surface area contributed by atoms with Crippen LogP contribution in [0, 0.1) is 13.8 Å². The number of aryl methyl sites for hydroxylation is 2. The Labute approximate surface area is 120 Å². The van der Waals surface area contributed by atoms with Gasteiger partial charge in [0.15, 0.2) is 6.10 Å². The highest BCUT2D eigenvalue weighted by Gasteiger charge is 2.29. The van der Waals surface area contributed by atoms with E-state index < -0.39 is 0 Å². The summed E-state index contributed by atoms with van der Waals surface area (Å²) < 4.78 is 5.70. The summed E-state index contributed by atoms with van der Waals surface area (Å²) in [4.78, 5) is 11.9. The molecule has 106 valence electrons. The fourth-order valence-electron chi connectivity index (χ4n) is 2.08. The van der Waals surface area contributed by atoms with E-state index >= 15 is 0 Å². The van der Waals surface area contributed by atoms with Crippen molar-refractivity contribution < 1.29 is 9.53 Å². The van der Waals surface area contributed by atoms with Gasteiger partial charge in [0.1, 0.15) is 5.75 Å². The van der Waals surface area contributed by atoms with Crippen LogP contribution in [0.25, 0.3) is 0 Å². The summed E-state index contributed by atoms with van der Waals surface area (Å²) in [6.07, 6.45) is 0.292. The molecule has 4 nitrogen and oxygen atoms in total. The first-order chi connectivity index (χ1) is 8.61. The smallest absolute Gasteiger partial charge is 0.261 e. The number of rotatable bonds is 4. The molecule has 0 fully saturated rings. The fraction of sp³-hybridized carbons (Fsp3) is 0.500. The second-order valence-electron chi connectivity index (χ2n) is 4.75. The molecule has 1 aromatic carbocycles. The number of benzene rings is 1. The topological polar surface area (TPSA) is 50.4 Å². The van der Waals surface area contributed by atoms with Crippen molar-refractivity contribution in [1.29, 1.82) is 0 Å². The van der Waals surface area contributed by atoms with Crippen molar-refractivity contribution in [3.8, 4) is 5.75 Å². The maximum atomic E-state index is 11.9. The van der Waals surface area contributed by atoms with E-state index in [0.29, 0.717) is 13.0 Å². The zero-order valence-electron chi connectivity index (χ0n) is 11.6. The van der Waals surface area contributed by atoms with Gasteiger partial charge in [0.25, 0.3) is 5.91 Å². The molecule has 0 saturated heterocycles. The standard InChI is InChI=1S/C14H20N2O2.ClH/c1-9-6-11-8-13(14(17)16-5-4-15-3)18-12(11)7-10(9)2;/h6-7,13,15H,4-5,8H2,1-3H3,(H,16,17);1H. The van der Waals surface area contributed by atoms with Gasteiger partial charge in [-0.2, -0.15) is 0 Å². The molecule has 0 aliphatic carbocycles. The maximum Gasteiger partial charge on any atom is 0.261 e. The van der Waals surface area contributed by atoms with Crippen LogP contribution in [0.15, 0.2) is 12.1 Å². The number of ether oxygens (including phenoxy) is 1. The molecule has 0 spiro atoms. The third-order valence-corrected chi connectivity index (χ3v) is 3.32. The highest BCUT2D eigenvalue weighted by molar-refractivity contribution is 5.85. The van der Waals surface area contributed by atoms with Gasteiger partial charge in [-0.25, -0.2) is 0 Å². The third-order valence-electron chi connectivity index (χ3n) is 3.32. The van der Waals surface area contributed by atoms with Crippen LogP contribution < -0.4 is 15.4 Å². The molecule has 0 saturated carbocycles. The molecule has 1 amide bonds. The van der Waals surface area contributed by atoms with Gasteiger partial charge < -0.3 is 15.4 Å². The Morgan fingerprint density at radius 2 is 2.00 bits per heavy atom. The van der Waals surface area contributed by atoms with E-state index in [2.05, 4.69) is 30.5 Å². The lowest BCUT2D eigenvalue weighted by molar-refractivity contribution is -0.127. The first-order valence-electron chi connectivity index (χ1n) is 6.31. The summed E-state index contributed by atoms with van der Waals surface area (Å²) in [6, 6.07) is 4.14. The fourth-order valence-corrected chi connectivity index (χ4v) is 2.08. The zero-order valence-corrected chi connectivity index (χ0v) is 12.4. The van der Waals surface area contributed by atoms with Crippen LogP contribution in [0.5, 0.6) is 5.75 Å². The SMILES string of the molecule is CNCCNC(=O)C1Cc2cc(C)c(C)cc2O1.Cl. The van der Waals surface area contributed by atoms with E-state index in [1.807, 2.05) is 13.1 Å². The minimum absolute atomic E-state index is 0.